The van der Waals surface area contributed by atoms with Crippen molar-refractivity contribution < 1.29 is 13.2 Å². The van der Waals surface area contributed by atoms with Crippen LogP contribution in [0.4, 0.5) is 0 Å². The molecule has 1 N–H and O–H groups in total. The summed E-state index contributed by atoms with van der Waals surface area (Å²) in [5.74, 6) is 0.0664. The third-order valence-corrected chi connectivity index (χ3v) is 4.94. The zero-order valence-corrected chi connectivity index (χ0v) is 13.7. The highest BCUT2D eigenvalue weighted by atomic mass is 35.7. The Bertz CT molecular complexity index is 598. The van der Waals surface area contributed by atoms with E-state index in [1.807, 2.05) is 6.92 Å². The molecule has 112 valence electrons. The topological polar surface area (TPSA) is 63.2 Å². The Labute approximate surface area is 124 Å². The summed E-state index contributed by atoms with van der Waals surface area (Å²) in [7, 11) is 1.47. The van der Waals surface area contributed by atoms with Crippen molar-refractivity contribution in [3.8, 4) is 0 Å². The van der Waals surface area contributed by atoms with E-state index in [0.717, 1.165) is 6.42 Å². The van der Waals surface area contributed by atoms with Gasteiger partial charge in [0.05, 0.1) is 4.90 Å². The Morgan fingerprint density at radius 2 is 1.95 bits per heavy atom. The quantitative estimate of drug-likeness (QED) is 0.849. The largest absolute Gasteiger partial charge is 0.349 e. The second kappa shape index (κ2) is 6.59. The van der Waals surface area contributed by atoms with Crippen molar-refractivity contribution in [1.29, 1.82) is 0 Å². The third-order valence-electron chi connectivity index (χ3n) is 3.59. The predicted octanol–water partition coefficient (Wildman–Crippen LogP) is 3.09. The first-order chi connectivity index (χ1) is 9.16. The Morgan fingerprint density at radius 3 is 2.45 bits per heavy atom. The van der Waals surface area contributed by atoms with Gasteiger partial charge in [-0.2, -0.15) is 0 Å². The summed E-state index contributed by atoms with van der Waals surface area (Å²) in [4.78, 5) is 12.2. The van der Waals surface area contributed by atoms with Gasteiger partial charge in [0.1, 0.15) is 0 Å². The van der Waals surface area contributed by atoms with Crippen LogP contribution < -0.4 is 5.32 Å². The molecule has 0 fully saturated rings. The number of amides is 1. The molecule has 1 rings (SSSR count). The molecular formula is C14H20ClNO3S. The van der Waals surface area contributed by atoms with E-state index in [4.69, 9.17) is 10.7 Å². The lowest BCUT2D eigenvalue weighted by atomic mass is 10.00. The maximum Gasteiger partial charge on any atom is 0.261 e. The molecule has 0 radical (unpaired) electrons. The summed E-state index contributed by atoms with van der Waals surface area (Å²) in [6.45, 7) is 7.80. The van der Waals surface area contributed by atoms with Crippen LogP contribution in [0.1, 0.15) is 43.1 Å². The number of hydrogen-bond donors (Lipinski definition) is 1. The molecule has 1 amide bonds. The summed E-state index contributed by atoms with van der Waals surface area (Å²) in [6, 6.07) is 4.31. The summed E-state index contributed by atoms with van der Waals surface area (Å²) in [5.41, 5.74) is 1.05. The number of hydrogen-bond acceptors (Lipinski definition) is 3. The lowest BCUT2D eigenvalue weighted by Gasteiger charge is -2.20. The van der Waals surface area contributed by atoms with Crippen molar-refractivity contribution in [3.63, 3.8) is 0 Å². The van der Waals surface area contributed by atoms with E-state index in [-0.39, 0.29) is 16.8 Å². The average molecular weight is 318 g/mol. The summed E-state index contributed by atoms with van der Waals surface area (Å²) in [5, 5.41) is 2.89. The van der Waals surface area contributed by atoms with E-state index in [1.54, 1.807) is 13.0 Å². The van der Waals surface area contributed by atoms with Crippen molar-refractivity contribution >= 4 is 25.6 Å². The van der Waals surface area contributed by atoms with Crippen LogP contribution in [0.15, 0.2) is 23.1 Å². The minimum Gasteiger partial charge on any atom is -0.349 e. The first kappa shape index (κ1) is 17.0. The Kier molecular flexibility index (Phi) is 5.59. The molecule has 0 aliphatic heterocycles. The molecule has 1 aromatic rings. The van der Waals surface area contributed by atoms with Gasteiger partial charge >= 0.3 is 0 Å². The molecule has 2 unspecified atom stereocenters. The number of nitrogens with one attached hydrogen (secondary N) is 1. The van der Waals surface area contributed by atoms with Crippen LogP contribution in [-0.2, 0) is 9.05 Å². The van der Waals surface area contributed by atoms with E-state index in [2.05, 4.69) is 19.2 Å². The second-order valence-corrected chi connectivity index (χ2v) is 7.63. The molecule has 0 saturated heterocycles. The highest BCUT2D eigenvalue weighted by Gasteiger charge is 2.18. The lowest BCUT2D eigenvalue weighted by molar-refractivity contribution is 0.0927. The molecule has 0 bridgehead atoms. The maximum atomic E-state index is 12.2. The molecule has 6 heteroatoms. The average Bonchev–Trinajstić information content (AvgIpc) is 2.36. The van der Waals surface area contributed by atoms with Crippen LogP contribution in [0.3, 0.4) is 0 Å². The zero-order valence-electron chi connectivity index (χ0n) is 12.1. The molecule has 20 heavy (non-hydrogen) atoms. The monoisotopic (exact) mass is 317 g/mol. The van der Waals surface area contributed by atoms with Gasteiger partial charge in [0.15, 0.2) is 0 Å². The van der Waals surface area contributed by atoms with Gasteiger partial charge < -0.3 is 5.32 Å². The van der Waals surface area contributed by atoms with Gasteiger partial charge in [-0.05, 0) is 37.5 Å². The van der Waals surface area contributed by atoms with Crippen LogP contribution >= 0.6 is 10.7 Å². The first-order valence-electron chi connectivity index (χ1n) is 6.53. The Hall–Kier alpha value is -1.07. The summed E-state index contributed by atoms with van der Waals surface area (Å²) in [6.07, 6.45) is 0.955. The molecule has 0 aliphatic carbocycles. The molecule has 0 aromatic heterocycles. The number of halogens is 1. The number of rotatable bonds is 5. The Balaban J connectivity index is 3.04. The fourth-order valence-electron chi connectivity index (χ4n) is 1.78. The van der Waals surface area contributed by atoms with Crippen molar-refractivity contribution in [1.82, 2.24) is 5.32 Å². The molecule has 0 aliphatic rings. The molecule has 0 saturated carbocycles. The van der Waals surface area contributed by atoms with E-state index in [0.29, 0.717) is 17.0 Å². The van der Waals surface area contributed by atoms with E-state index in [9.17, 15) is 13.2 Å². The normalized spacial score (nSPS) is 14.7. The zero-order chi connectivity index (χ0) is 15.5. The van der Waals surface area contributed by atoms with Gasteiger partial charge in [-0.3, -0.25) is 4.79 Å². The minimum absolute atomic E-state index is 0.0168. The first-order valence-corrected chi connectivity index (χ1v) is 8.84. The van der Waals surface area contributed by atoms with Crippen molar-refractivity contribution in [2.24, 2.45) is 5.92 Å². The minimum atomic E-state index is -3.83. The number of carbonyl (C=O) groups excluding carboxylic acids is 1. The van der Waals surface area contributed by atoms with Crippen LogP contribution in [-0.4, -0.2) is 20.4 Å². The lowest BCUT2D eigenvalue weighted by Crippen LogP contribution is -2.37. The number of aryl methyl sites for hydroxylation is 1. The van der Waals surface area contributed by atoms with Gasteiger partial charge in [-0.25, -0.2) is 8.42 Å². The fraction of sp³-hybridized carbons (Fsp3) is 0.500. The van der Waals surface area contributed by atoms with Crippen LogP contribution in [0.5, 0.6) is 0 Å². The van der Waals surface area contributed by atoms with Gasteiger partial charge in [0.2, 0.25) is 0 Å². The SMILES string of the molecule is CCC(C)C(C)NC(=O)c1cc(S(=O)(=O)Cl)ccc1C. The highest BCUT2D eigenvalue weighted by Crippen LogP contribution is 2.19. The molecule has 4 nitrogen and oxygen atoms in total. The second-order valence-electron chi connectivity index (χ2n) is 5.06. The van der Waals surface area contributed by atoms with Crippen molar-refractivity contribution in [2.75, 3.05) is 0 Å². The van der Waals surface area contributed by atoms with Crippen molar-refractivity contribution in [3.05, 3.63) is 29.3 Å². The molecular weight excluding hydrogens is 298 g/mol. The fourth-order valence-corrected chi connectivity index (χ4v) is 2.55. The molecule has 0 spiro atoms. The van der Waals surface area contributed by atoms with E-state index < -0.39 is 9.05 Å². The Morgan fingerprint density at radius 1 is 1.35 bits per heavy atom. The predicted molar refractivity (Wildman–Crippen MR) is 80.6 cm³/mol. The third kappa shape index (κ3) is 4.21. The molecule has 2 atom stereocenters. The van der Waals surface area contributed by atoms with Gasteiger partial charge in [0.25, 0.3) is 15.0 Å². The van der Waals surface area contributed by atoms with Gasteiger partial charge in [-0.1, -0.05) is 26.3 Å². The van der Waals surface area contributed by atoms with E-state index >= 15 is 0 Å². The standard InChI is InChI=1S/C14H20ClNO3S/c1-5-9(2)11(4)16-14(17)13-8-12(20(15,18)19)7-6-10(13)3/h6-9,11H,5H2,1-4H3,(H,16,17). The highest BCUT2D eigenvalue weighted by molar-refractivity contribution is 8.13. The summed E-state index contributed by atoms with van der Waals surface area (Å²) >= 11 is 0. The van der Waals surface area contributed by atoms with Crippen molar-refractivity contribution in [2.45, 2.75) is 45.1 Å². The van der Waals surface area contributed by atoms with Gasteiger partial charge in [0, 0.05) is 22.3 Å². The van der Waals surface area contributed by atoms with Crippen LogP contribution in [0.2, 0.25) is 0 Å². The molecule has 1 aromatic carbocycles. The smallest absolute Gasteiger partial charge is 0.261 e. The summed E-state index contributed by atoms with van der Waals surface area (Å²) < 4.78 is 22.7. The number of carbonyl (C=O) groups is 1. The maximum absolute atomic E-state index is 12.2. The van der Waals surface area contributed by atoms with Gasteiger partial charge in [-0.15, -0.1) is 0 Å². The number of benzene rings is 1. The van der Waals surface area contributed by atoms with E-state index in [1.165, 1.54) is 12.1 Å². The van der Waals surface area contributed by atoms with Crippen LogP contribution in [0, 0.1) is 12.8 Å². The van der Waals surface area contributed by atoms with Crippen LogP contribution in [0.25, 0.3) is 0 Å². The molecule has 0 heterocycles.